The smallest absolute Gasteiger partial charge is 0.143 e. The molecule has 2 aromatic carbocycles. The van der Waals surface area contributed by atoms with Crippen LogP contribution in [0.5, 0.6) is 0 Å². The lowest BCUT2D eigenvalue weighted by Crippen LogP contribution is -2.10. The minimum atomic E-state index is -0.554. The molecule has 0 aliphatic rings. The minimum absolute atomic E-state index is 0.360. The SMILES string of the molecule is Cc1cccc(N[C@@H](C#N)c2cc3cccc(C)c3nc2Cl)c1. The highest BCUT2D eigenvalue weighted by atomic mass is 35.5. The molecule has 0 saturated carbocycles. The van der Waals surface area contributed by atoms with Crippen molar-refractivity contribution >= 4 is 28.2 Å². The second-order valence-corrected chi connectivity index (χ2v) is 5.95. The summed E-state index contributed by atoms with van der Waals surface area (Å²) in [7, 11) is 0. The van der Waals surface area contributed by atoms with Gasteiger partial charge in [-0.15, -0.1) is 0 Å². The van der Waals surface area contributed by atoms with Gasteiger partial charge < -0.3 is 5.32 Å². The number of aromatic nitrogens is 1. The summed E-state index contributed by atoms with van der Waals surface area (Å²) in [6, 6.07) is 17.5. The van der Waals surface area contributed by atoms with E-state index in [2.05, 4.69) is 16.4 Å². The standard InChI is InChI=1S/C19H16ClN3/c1-12-5-3-8-15(9-12)22-17(11-21)16-10-14-7-4-6-13(2)18(14)23-19(16)20/h3-10,17,22H,1-2H3/t17-/m0/s1. The Bertz CT molecular complexity index is 912. The lowest BCUT2D eigenvalue weighted by Gasteiger charge is -2.16. The third-order valence-corrected chi connectivity index (χ3v) is 4.10. The number of hydrogen-bond acceptors (Lipinski definition) is 3. The molecule has 0 saturated heterocycles. The number of fused-ring (bicyclic) bond motifs is 1. The van der Waals surface area contributed by atoms with Crippen molar-refractivity contribution in [2.24, 2.45) is 0 Å². The molecule has 3 rings (SSSR count). The Kier molecular flexibility index (Phi) is 4.18. The Balaban J connectivity index is 2.03. The highest BCUT2D eigenvalue weighted by Crippen LogP contribution is 2.29. The van der Waals surface area contributed by atoms with E-state index in [1.165, 1.54) is 0 Å². The molecule has 0 aliphatic heterocycles. The Labute approximate surface area is 140 Å². The summed E-state index contributed by atoms with van der Waals surface area (Å²) in [5, 5.41) is 14.1. The van der Waals surface area contributed by atoms with Gasteiger partial charge in [0.25, 0.3) is 0 Å². The Morgan fingerprint density at radius 1 is 1.13 bits per heavy atom. The van der Waals surface area contributed by atoms with Crippen LogP contribution in [0.2, 0.25) is 5.15 Å². The number of nitrogens with one attached hydrogen (secondary N) is 1. The van der Waals surface area contributed by atoms with Gasteiger partial charge in [0.05, 0.1) is 11.6 Å². The van der Waals surface area contributed by atoms with Gasteiger partial charge >= 0.3 is 0 Å². The zero-order chi connectivity index (χ0) is 16.4. The van der Waals surface area contributed by atoms with Crippen molar-refractivity contribution in [1.82, 2.24) is 4.98 Å². The van der Waals surface area contributed by atoms with Crippen LogP contribution in [0.15, 0.2) is 48.5 Å². The summed E-state index contributed by atoms with van der Waals surface area (Å²) in [5.74, 6) is 0. The first-order chi connectivity index (χ1) is 11.1. The maximum atomic E-state index is 9.56. The highest BCUT2D eigenvalue weighted by Gasteiger charge is 2.17. The monoisotopic (exact) mass is 321 g/mol. The molecule has 114 valence electrons. The van der Waals surface area contributed by atoms with Crippen LogP contribution >= 0.6 is 11.6 Å². The molecule has 4 heteroatoms. The predicted molar refractivity (Wildman–Crippen MR) is 94.6 cm³/mol. The van der Waals surface area contributed by atoms with Gasteiger partial charge in [-0.25, -0.2) is 4.98 Å². The van der Waals surface area contributed by atoms with Crippen molar-refractivity contribution in [3.8, 4) is 6.07 Å². The highest BCUT2D eigenvalue weighted by molar-refractivity contribution is 6.30. The van der Waals surface area contributed by atoms with Crippen molar-refractivity contribution < 1.29 is 0 Å². The number of rotatable bonds is 3. The molecule has 0 bridgehead atoms. The summed E-state index contributed by atoms with van der Waals surface area (Å²) in [6.07, 6.45) is 0. The van der Waals surface area contributed by atoms with Gasteiger partial charge in [-0.3, -0.25) is 0 Å². The molecule has 1 atom stereocenters. The van der Waals surface area contributed by atoms with E-state index in [9.17, 15) is 5.26 Å². The second kappa shape index (κ2) is 6.28. The minimum Gasteiger partial charge on any atom is -0.366 e. The Morgan fingerprint density at radius 2 is 1.91 bits per heavy atom. The largest absolute Gasteiger partial charge is 0.366 e. The molecule has 23 heavy (non-hydrogen) atoms. The van der Waals surface area contributed by atoms with Gasteiger partial charge in [0.2, 0.25) is 0 Å². The maximum absolute atomic E-state index is 9.56. The average Bonchev–Trinajstić information content (AvgIpc) is 2.53. The van der Waals surface area contributed by atoms with E-state index in [0.29, 0.717) is 10.7 Å². The van der Waals surface area contributed by atoms with E-state index in [1.54, 1.807) is 0 Å². The molecule has 3 aromatic rings. The number of anilines is 1. The molecule has 0 amide bonds. The molecule has 1 N–H and O–H groups in total. The number of pyridine rings is 1. The van der Waals surface area contributed by atoms with Gasteiger partial charge in [0.15, 0.2) is 0 Å². The number of halogens is 1. The fourth-order valence-corrected chi connectivity index (χ4v) is 2.87. The molecule has 1 aromatic heterocycles. The first-order valence-corrected chi connectivity index (χ1v) is 7.75. The molecule has 0 spiro atoms. The zero-order valence-electron chi connectivity index (χ0n) is 13.0. The van der Waals surface area contributed by atoms with Crippen LogP contribution in [0.25, 0.3) is 10.9 Å². The van der Waals surface area contributed by atoms with Crippen LogP contribution in [-0.2, 0) is 0 Å². The number of nitriles is 1. The van der Waals surface area contributed by atoms with E-state index in [4.69, 9.17) is 11.6 Å². The fourth-order valence-electron chi connectivity index (χ4n) is 2.62. The number of para-hydroxylation sites is 1. The van der Waals surface area contributed by atoms with Crippen LogP contribution in [0.4, 0.5) is 5.69 Å². The van der Waals surface area contributed by atoms with Crippen molar-refractivity contribution in [3.05, 3.63) is 70.4 Å². The first-order valence-electron chi connectivity index (χ1n) is 7.37. The predicted octanol–water partition coefficient (Wildman–Crippen LogP) is 5.18. The summed E-state index contributed by atoms with van der Waals surface area (Å²) >= 11 is 6.34. The molecule has 0 unspecified atom stereocenters. The van der Waals surface area contributed by atoms with Gasteiger partial charge in [-0.1, -0.05) is 41.9 Å². The van der Waals surface area contributed by atoms with Gasteiger partial charge in [-0.05, 0) is 43.2 Å². The number of aryl methyl sites for hydroxylation is 2. The maximum Gasteiger partial charge on any atom is 0.143 e. The van der Waals surface area contributed by atoms with Crippen LogP contribution in [0.3, 0.4) is 0 Å². The average molecular weight is 322 g/mol. The van der Waals surface area contributed by atoms with Crippen LogP contribution in [0.1, 0.15) is 22.7 Å². The summed E-state index contributed by atoms with van der Waals surface area (Å²) < 4.78 is 0. The molecule has 1 heterocycles. The molecule has 0 radical (unpaired) electrons. The van der Waals surface area contributed by atoms with Crippen LogP contribution < -0.4 is 5.32 Å². The van der Waals surface area contributed by atoms with E-state index in [1.807, 2.05) is 62.4 Å². The van der Waals surface area contributed by atoms with Crippen LogP contribution in [-0.4, -0.2) is 4.98 Å². The van der Waals surface area contributed by atoms with Crippen molar-refractivity contribution in [1.29, 1.82) is 5.26 Å². The van der Waals surface area contributed by atoms with Gasteiger partial charge in [0, 0.05) is 16.6 Å². The molecule has 3 nitrogen and oxygen atoms in total. The zero-order valence-corrected chi connectivity index (χ0v) is 13.7. The Hall–Kier alpha value is -2.57. The van der Waals surface area contributed by atoms with Crippen molar-refractivity contribution in [3.63, 3.8) is 0 Å². The normalized spacial score (nSPS) is 11.9. The third-order valence-electron chi connectivity index (χ3n) is 3.80. The first kappa shape index (κ1) is 15.3. The summed E-state index contributed by atoms with van der Waals surface area (Å²) in [6.45, 7) is 4.01. The topological polar surface area (TPSA) is 48.7 Å². The van der Waals surface area contributed by atoms with Crippen molar-refractivity contribution in [2.45, 2.75) is 19.9 Å². The molecule has 0 aliphatic carbocycles. The molecule has 0 fully saturated rings. The Morgan fingerprint density at radius 3 is 2.65 bits per heavy atom. The quantitative estimate of drug-likeness (QED) is 0.676. The van der Waals surface area contributed by atoms with E-state index < -0.39 is 6.04 Å². The van der Waals surface area contributed by atoms with Crippen LogP contribution in [0, 0.1) is 25.2 Å². The van der Waals surface area contributed by atoms with E-state index in [0.717, 1.165) is 27.7 Å². The third kappa shape index (κ3) is 3.13. The number of benzene rings is 2. The fraction of sp³-hybridized carbons (Fsp3) is 0.158. The summed E-state index contributed by atoms with van der Waals surface area (Å²) in [5.41, 5.74) is 4.64. The second-order valence-electron chi connectivity index (χ2n) is 5.59. The van der Waals surface area contributed by atoms with E-state index >= 15 is 0 Å². The lowest BCUT2D eigenvalue weighted by atomic mass is 10.0. The summed E-state index contributed by atoms with van der Waals surface area (Å²) in [4.78, 5) is 4.48. The number of nitrogens with zero attached hydrogens (tertiary/aromatic N) is 2. The lowest BCUT2D eigenvalue weighted by molar-refractivity contribution is 0.988. The van der Waals surface area contributed by atoms with Gasteiger partial charge in [-0.2, -0.15) is 5.26 Å². The number of hydrogen-bond donors (Lipinski definition) is 1. The molecular weight excluding hydrogens is 306 g/mol. The van der Waals surface area contributed by atoms with Gasteiger partial charge in [0.1, 0.15) is 11.2 Å². The van der Waals surface area contributed by atoms with E-state index in [-0.39, 0.29) is 0 Å². The molecular formula is C19H16ClN3. The van der Waals surface area contributed by atoms with Crippen molar-refractivity contribution in [2.75, 3.05) is 5.32 Å².